The Kier molecular flexibility index (Phi) is 5.41. The molecular formula is C18H20N4O6. The van der Waals surface area contributed by atoms with E-state index in [0.717, 1.165) is 9.80 Å². The molecule has 0 aromatic heterocycles. The number of hydrogen-bond acceptors (Lipinski definition) is 8. The second-order valence-corrected chi connectivity index (χ2v) is 6.47. The van der Waals surface area contributed by atoms with Crippen molar-refractivity contribution < 1.29 is 28.7 Å². The van der Waals surface area contributed by atoms with E-state index in [1.165, 1.54) is 18.2 Å². The second kappa shape index (κ2) is 7.77. The van der Waals surface area contributed by atoms with Crippen molar-refractivity contribution in [3.8, 4) is 0 Å². The lowest BCUT2D eigenvalue weighted by Gasteiger charge is -2.34. The summed E-state index contributed by atoms with van der Waals surface area (Å²) in [5.41, 5.74) is 6.33. The number of anilines is 1. The van der Waals surface area contributed by atoms with E-state index in [1.807, 2.05) is 0 Å². The zero-order valence-electron chi connectivity index (χ0n) is 15.3. The molecule has 3 rings (SSSR count). The van der Waals surface area contributed by atoms with E-state index in [-0.39, 0.29) is 43.7 Å². The molecule has 10 nitrogen and oxygen atoms in total. The average molecular weight is 388 g/mol. The molecule has 10 heteroatoms. The molecule has 1 aromatic carbocycles. The Balaban J connectivity index is 1.74. The number of benzene rings is 1. The van der Waals surface area contributed by atoms with Crippen LogP contribution in [0, 0.1) is 0 Å². The number of nitrogens with one attached hydrogen (secondary N) is 1. The van der Waals surface area contributed by atoms with Gasteiger partial charge < -0.3 is 15.8 Å². The normalized spacial score (nSPS) is 19.2. The first-order valence-corrected chi connectivity index (χ1v) is 8.77. The van der Waals surface area contributed by atoms with E-state index < -0.39 is 35.6 Å². The van der Waals surface area contributed by atoms with Crippen molar-refractivity contribution in [3.63, 3.8) is 0 Å². The monoisotopic (exact) mass is 388 g/mol. The lowest BCUT2D eigenvalue weighted by Crippen LogP contribution is -2.56. The highest BCUT2D eigenvalue weighted by Crippen LogP contribution is 2.30. The Hall–Kier alpha value is -3.27. The van der Waals surface area contributed by atoms with Gasteiger partial charge in [-0.3, -0.25) is 33.8 Å². The highest BCUT2D eigenvalue weighted by Gasteiger charge is 2.46. The molecule has 0 saturated carbocycles. The van der Waals surface area contributed by atoms with Crippen LogP contribution in [0.15, 0.2) is 18.2 Å². The number of likely N-dealkylation sites (N-methyl/N-ethyl adjacent to an activating group) is 1. The molecule has 2 heterocycles. The first kappa shape index (κ1) is 19.5. The Morgan fingerprint density at radius 1 is 1.21 bits per heavy atom. The van der Waals surface area contributed by atoms with E-state index in [1.54, 1.807) is 7.05 Å². The maximum atomic E-state index is 12.8. The van der Waals surface area contributed by atoms with Crippen molar-refractivity contribution >= 4 is 35.3 Å². The van der Waals surface area contributed by atoms with Crippen LogP contribution < -0.4 is 11.1 Å². The van der Waals surface area contributed by atoms with Crippen LogP contribution in [-0.2, 0) is 19.1 Å². The summed E-state index contributed by atoms with van der Waals surface area (Å²) in [6.07, 6.45) is 0.0467. The number of piperidine rings is 1. The molecule has 1 fully saturated rings. The molecule has 0 spiro atoms. The molecule has 1 atom stereocenters. The van der Waals surface area contributed by atoms with Gasteiger partial charge in [0.05, 0.1) is 24.2 Å². The first-order valence-electron chi connectivity index (χ1n) is 8.77. The topological polar surface area (TPSA) is 139 Å². The number of carbonyl (C=O) groups excluding carboxylic acids is 5. The van der Waals surface area contributed by atoms with Gasteiger partial charge in [0.15, 0.2) is 0 Å². The van der Waals surface area contributed by atoms with Gasteiger partial charge in [-0.2, -0.15) is 0 Å². The van der Waals surface area contributed by atoms with Crippen LogP contribution in [0.5, 0.6) is 0 Å². The van der Waals surface area contributed by atoms with Gasteiger partial charge in [0.25, 0.3) is 17.7 Å². The number of nitrogens with two attached hydrogens (primary N) is 1. The lowest BCUT2D eigenvalue weighted by molar-refractivity contribution is -0.155. The molecule has 2 aliphatic heterocycles. The van der Waals surface area contributed by atoms with Crippen LogP contribution in [0.1, 0.15) is 33.6 Å². The number of nitrogens with zero attached hydrogens (tertiary/aromatic N) is 2. The van der Waals surface area contributed by atoms with Crippen LogP contribution in [0.4, 0.5) is 5.69 Å². The van der Waals surface area contributed by atoms with E-state index in [0.29, 0.717) is 5.69 Å². The van der Waals surface area contributed by atoms with Crippen molar-refractivity contribution in [3.05, 3.63) is 29.3 Å². The van der Waals surface area contributed by atoms with Gasteiger partial charge in [-0.05, 0) is 31.7 Å². The Morgan fingerprint density at radius 2 is 1.93 bits per heavy atom. The molecule has 1 aromatic rings. The van der Waals surface area contributed by atoms with Gasteiger partial charge in [-0.25, -0.2) is 0 Å². The van der Waals surface area contributed by atoms with Crippen LogP contribution in [-0.4, -0.2) is 72.2 Å². The fraction of sp³-hybridized carbons (Fsp3) is 0.389. The van der Waals surface area contributed by atoms with E-state index in [4.69, 9.17) is 10.5 Å². The molecule has 2 aliphatic rings. The molecular weight excluding hydrogens is 368 g/mol. The summed E-state index contributed by atoms with van der Waals surface area (Å²) in [5, 5.41) is 2.63. The van der Waals surface area contributed by atoms with Crippen molar-refractivity contribution in [1.82, 2.24) is 15.1 Å². The zero-order chi connectivity index (χ0) is 20.4. The number of hydrogen-bond donors (Lipinski definition) is 2. The summed E-state index contributed by atoms with van der Waals surface area (Å²) < 4.78 is 4.94. The third-order valence-electron chi connectivity index (χ3n) is 4.64. The number of nitrogen functional groups attached to an aromatic ring is 1. The Labute approximate surface area is 160 Å². The van der Waals surface area contributed by atoms with Crippen molar-refractivity contribution in [1.29, 1.82) is 0 Å². The second-order valence-electron chi connectivity index (χ2n) is 6.47. The highest BCUT2D eigenvalue weighted by atomic mass is 16.5. The molecule has 28 heavy (non-hydrogen) atoms. The van der Waals surface area contributed by atoms with E-state index in [9.17, 15) is 24.0 Å². The SMILES string of the molecule is CNCC(=O)OCCN1C(=O)CCC(N2C(=O)c3ccc(N)cc3C2=O)C1=O. The maximum Gasteiger partial charge on any atom is 0.319 e. The number of likely N-dealkylation sites (tertiary alicyclic amines) is 1. The molecule has 148 valence electrons. The summed E-state index contributed by atoms with van der Waals surface area (Å²) in [5.74, 6) is -2.82. The fourth-order valence-electron chi connectivity index (χ4n) is 3.30. The minimum absolute atomic E-state index is 0.00267. The minimum Gasteiger partial charge on any atom is -0.463 e. The maximum absolute atomic E-state index is 12.8. The molecule has 1 saturated heterocycles. The summed E-state index contributed by atoms with van der Waals surface area (Å²) in [7, 11) is 1.58. The lowest BCUT2D eigenvalue weighted by atomic mass is 10.0. The molecule has 0 aliphatic carbocycles. The fourth-order valence-corrected chi connectivity index (χ4v) is 3.30. The highest BCUT2D eigenvalue weighted by molar-refractivity contribution is 6.23. The number of ether oxygens (including phenoxy) is 1. The summed E-state index contributed by atoms with van der Waals surface area (Å²) in [6.45, 7) is -0.300. The molecule has 4 amide bonds. The summed E-state index contributed by atoms with van der Waals surface area (Å²) in [4.78, 5) is 63.5. The number of amides is 4. The Morgan fingerprint density at radius 3 is 2.64 bits per heavy atom. The predicted molar refractivity (Wildman–Crippen MR) is 96.0 cm³/mol. The summed E-state index contributed by atoms with van der Waals surface area (Å²) >= 11 is 0. The van der Waals surface area contributed by atoms with Gasteiger partial charge in [0.1, 0.15) is 12.6 Å². The average Bonchev–Trinajstić information content (AvgIpc) is 2.89. The van der Waals surface area contributed by atoms with Crippen LogP contribution >= 0.6 is 0 Å². The molecule has 0 radical (unpaired) electrons. The number of imide groups is 2. The van der Waals surface area contributed by atoms with Crippen LogP contribution in [0.3, 0.4) is 0 Å². The largest absolute Gasteiger partial charge is 0.463 e. The number of esters is 1. The van der Waals surface area contributed by atoms with Crippen molar-refractivity contribution in [2.45, 2.75) is 18.9 Å². The van der Waals surface area contributed by atoms with E-state index in [2.05, 4.69) is 5.32 Å². The third-order valence-corrected chi connectivity index (χ3v) is 4.64. The number of rotatable bonds is 6. The zero-order valence-corrected chi connectivity index (χ0v) is 15.3. The van der Waals surface area contributed by atoms with Gasteiger partial charge in [-0.15, -0.1) is 0 Å². The number of carbonyl (C=O) groups is 5. The molecule has 0 bridgehead atoms. The van der Waals surface area contributed by atoms with Crippen molar-refractivity contribution in [2.75, 3.05) is 32.5 Å². The van der Waals surface area contributed by atoms with Crippen LogP contribution in [0.2, 0.25) is 0 Å². The minimum atomic E-state index is -1.08. The summed E-state index contributed by atoms with van der Waals surface area (Å²) in [6, 6.07) is 3.26. The van der Waals surface area contributed by atoms with Crippen molar-refractivity contribution in [2.24, 2.45) is 0 Å². The van der Waals surface area contributed by atoms with Crippen LogP contribution in [0.25, 0.3) is 0 Å². The van der Waals surface area contributed by atoms with Gasteiger partial charge in [-0.1, -0.05) is 0 Å². The van der Waals surface area contributed by atoms with Gasteiger partial charge >= 0.3 is 5.97 Å². The Bertz CT molecular complexity index is 868. The third kappa shape index (κ3) is 3.46. The first-order chi connectivity index (χ1) is 13.3. The number of fused-ring (bicyclic) bond motifs is 1. The van der Waals surface area contributed by atoms with Gasteiger partial charge in [0, 0.05) is 12.1 Å². The molecule has 3 N–H and O–H groups in total. The smallest absolute Gasteiger partial charge is 0.319 e. The van der Waals surface area contributed by atoms with Gasteiger partial charge in [0.2, 0.25) is 5.91 Å². The standard InChI is InChI=1S/C18H20N4O6/c1-20-9-15(24)28-7-6-21-14(23)5-4-13(18(21)27)22-16(25)11-3-2-10(19)8-12(11)17(22)26/h2-3,8,13,20H,4-7,9,19H2,1H3. The predicted octanol–water partition coefficient (Wildman–Crippen LogP) is -0.855. The quantitative estimate of drug-likeness (QED) is 0.365. The van der Waals surface area contributed by atoms with E-state index >= 15 is 0 Å². The molecule has 1 unspecified atom stereocenters.